The number of hydrogen-bond acceptors (Lipinski definition) is 2. The van der Waals surface area contributed by atoms with Crippen molar-refractivity contribution < 1.29 is 22.4 Å². The molecule has 1 aliphatic rings. The van der Waals surface area contributed by atoms with Crippen LogP contribution in [0, 0.1) is 5.82 Å². The Kier molecular flexibility index (Phi) is 3.60. The molecule has 3 rings (SSSR count). The molecule has 1 aliphatic heterocycles. The monoisotopic (exact) mass is 324 g/mol. The maximum atomic E-state index is 13.3. The number of rotatable bonds is 2. The third kappa shape index (κ3) is 2.68. The SMILES string of the molecule is N[C@H]1C(=O)N(c2cccc(F)c2)[C@@H]1c1ccc(C(F)(F)F)cc1. The van der Waals surface area contributed by atoms with Gasteiger partial charge in [-0.15, -0.1) is 0 Å². The van der Waals surface area contributed by atoms with Crippen molar-refractivity contribution in [2.75, 3.05) is 4.90 Å². The standard InChI is InChI=1S/C16H12F4N2O/c17-11-2-1-3-12(8-11)22-14(13(21)15(22)23)9-4-6-10(7-5-9)16(18,19)20/h1-8,13-14H,21H2/t13-,14-/m1/s1. The Morgan fingerprint density at radius 1 is 1.04 bits per heavy atom. The summed E-state index contributed by atoms with van der Waals surface area (Å²) in [6.07, 6.45) is -4.43. The van der Waals surface area contributed by atoms with Crippen LogP contribution in [0.25, 0.3) is 0 Å². The van der Waals surface area contributed by atoms with E-state index in [2.05, 4.69) is 0 Å². The van der Waals surface area contributed by atoms with Crippen molar-refractivity contribution >= 4 is 11.6 Å². The van der Waals surface area contributed by atoms with Crippen molar-refractivity contribution in [3.8, 4) is 0 Å². The van der Waals surface area contributed by atoms with Gasteiger partial charge in [-0.05, 0) is 35.9 Å². The number of carbonyl (C=O) groups is 1. The Hall–Kier alpha value is -2.41. The molecule has 0 spiro atoms. The maximum absolute atomic E-state index is 13.3. The van der Waals surface area contributed by atoms with E-state index in [1.165, 1.54) is 35.2 Å². The predicted molar refractivity (Wildman–Crippen MR) is 76.0 cm³/mol. The van der Waals surface area contributed by atoms with E-state index < -0.39 is 35.5 Å². The minimum Gasteiger partial charge on any atom is -0.318 e. The average Bonchev–Trinajstić information content (AvgIpc) is 2.50. The van der Waals surface area contributed by atoms with Gasteiger partial charge in [0.05, 0.1) is 11.6 Å². The molecule has 1 saturated heterocycles. The molecule has 2 N–H and O–H groups in total. The third-order valence-electron chi connectivity index (χ3n) is 3.81. The lowest BCUT2D eigenvalue weighted by Gasteiger charge is -2.45. The van der Waals surface area contributed by atoms with Crippen LogP contribution in [-0.2, 0) is 11.0 Å². The summed E-state index contributed by atoms with van der Waals surface area (Å²) >= 11 is 0. The number of nitrogens with zero attached hydrogens (tertiary/aromatic N) is 1. The molecular formula is C16H12F4N2O. The van der Waals surface area contributed by atoms with E-state index in [1.54, 1.807) is 6.07 Å². The fourth-order valence-corrected chi connectivity index (χ4v) is 2.65. The molecule has 2 aromatic carbocycles. The first kappa shape index (κ1) is 15.5. The number of carbonyl (C=O) groups excluding carboxylic acids is 1. The van der Waals surface area contributed by atoms with E-state index in [9.17, 15) is 22.4 Å². The summed E-state index contributed by atoms with van der Waals surface area (Å²) in [6.45, 7) is 0. The smallest absolute Gasteiger partial charge is 0.318 e. The molecule has 1 heterocycles. The number of alkyl halides is 3. The van der Waals surface area contributed by atoms with Crippen LogP contribution in [-0.4, -0.2) is 11.9 Å². The van der Waals surface area contributed by atoms with Crippen molar-refractivity contribution in [1.29, 1.82) is 0 Å². The molecule has 3 nitrogen and oxygen atoms in total. The zero-order valence-corrected chi connectivity index (χ0v) is 11.7. The van der Waals surface area contributed by atoms with E-state index in [0.717, 1.165) is 12.1 Å². The average molecular weight is 324 g/mol. The Morgan fingerprint density at radius 2 is 1.70 bits per heavy atom. The van der Waals surface area contributed by atoms with Gasteiger partial charge in [0.15, 0.2) is 0 Å². The van der Waals surface area contributed by atoms with E-state index in [-0.39, 0.29) is 0 Å². The first-order valence-corrected chi connectivity index (χ1v) is 6.80. The van der Waals surface area contributed by atoms with Gasteiger partial charge in [-0.25, -0.2) is 4.39 Å². The Labute approximate surface area is 129 Å². The molecule has 1 fully saturated rings. The zero-order valence-electron chi connectivity index (χ0n) is 11.7. The number of anilines is 1. The highest BCUT2D eigenvalue weighted by Crippen LogP contribution is 2.39. The summed E-state index contributed by atoms with van der Waals surface area (Å²) in [4.78, 5) is 13.3. The van der Waals surface area contributed by atoms with Crippen LogP contribution in [0.1, 0.15) is 17.2 Å². The first-order chi connectivity index (χ1) is 10.8. The molecule has 0 saturated carbocycles. The summed E-state index contributed by atoms with van der Waals surface area (Å²) in [7, 11) is 0. The second-order valence-electron chi connectivity index (χ2n) is 5.28. The van der Waals surface area contributed by atoms with Gasteiger partial charge in [0.2, 0.25) is 5.91 Å². The van der Waals surface area contributed by atoms with Gasteiger partial charge in [0, 0.05) is 5.69 Å². The molecule has 0 bridgehead atoms. The highest BCUT2D eigenvalue weighted by molar-refractivity contribution is 6.05. The second kappa shape index (κ2) is 5.34. The molecule has 0 radical (unpaired) electrons. The summed E-state index contributed by atoms with van der Waals surface area (Å²) < 4.78 is 51.2. The van der Waals surface area contributed by atoms with Crippen LogP contribution in [0.2, 0.25) is 0 Å². The van der Waals surface area contributed by atoms with Gasteiger partial charge in [-0.2, -0.15) is 13.2 Å². The topological polar surface area (TPSA) is 46.3 Å². The summed E-state index contributed by atoms with van der Waals surface area (Å²) in [5, 5.41) is 0. The van der Waals surface area contributed by atoms with Gasteiger partial charge < -0.3 is 10.6 Å². The Balaban J connectivity index is 1.93. The maximum Gasteiger partial charge on any atom is 0.416 e. The van der Waals surface area contributed by atoms with Crippen LogP contribution in [0.3, 0.4) is 0 Å². The molecular weight excluding hydrogens is 312 g/mol. The van der Waals surface area contributed by atoms with Gasteiger partial charge >= 0.3 is 6.18 Å². The fraction of sp³-hybridized carbons (Fsp3) is 0.188. The second-order valence-corrected chi connectivity index (χ2v) is 5.28. The van der Waals surface area contributed by atoms with E-state index in [1.807, 2.05) is 0 Å². The predicted octanol–water partition coefficient (Wildman–Crippen LogP) is 3.26. The minimum absolute atomic E-state index is 0.321. The van der Waals surface area contributed by atoms with Crippen LogP contribution >= 0.6 is 0 Å². The number of nitrogens with two attached hydrogens (primary N) is 1. The number of halogens is 4. The number of hydrogen-bond donors (Lipinski definition) is 1. The molecule has 0 aliphatic carbocycles. The lowest BCUT2D eigenvalue weighted by molar-refractivity contribution is -0.137. The molecule has 7 heteroatoms. The first-order valence-electron chi connectivity index (χ1n) is 6.80. The summed E-state index contributed by atoms with van der Waals surface area (Å²) in [6, 6.07) is 8.38. The lowest BCUT2D eigenvalue weighted by atomic mass is 9.88. The van der Waals surface area contributed by atoms with E-state index in [0.29, 0.717) is 11.3 Å². The van der Waals surface area contributed by atoms with Crippen molar-refractivity contribution in [3.63, 3.8) is 0 Å². The number of β-lactam (4-membered cyclic amide) rings is 1. The lowest BCUT2D eigenvalue weighted by Crippen LogP contribution is -2.63. The van der Waals surface area contributed by atoms with Crippen LogP contribution in [0.15, 0.2) is 48.5 Å². The quantitative estimate of drug-likeness (QED) is 0.681. The van der Waals surface area contributed by atoms with Crippen LogP contribution in [0.4, 0.5) is 23.2 Å². The largest absolute Gasteiger partial charge is 0.416 e. The van der Waals surface area contributed by atoms with E-state index >= 15 is 0 Å². The summed E-state index contributed by atoms with van der Waals surface area (Å²) in [5.74, 6) is -0.914. The van der Waals surface area contributed by atoms with Crippen molar-refractivity contribution in [2.24, 2.45) is 5.73 Å². The van der Waals surface area contributed by atoms with Crippen molar-refractivity contribution in [2.45, 2.75) is 18.3 Å². The van der Waals surface area contributed by atoms with E-state index in [4.69, 9.17) is 5.73 Å². The third-order valence-corrected chi connectivity index (χ3v) is 3.81. The molecule has 2 atom stereocenters. The highest BCUT2D eigenvalue weighted by atomic mass is 19.4. The van der Waals surface area contributed by atoms with Crippen molar-refractivity contribution in [1.82, 2.24) is 0 Å². The molecule has 1 amide bonds. The number of amides is 1. The minimum atomic E-state index is -4.43. The van der Waals surface area contributed by atoms with Crippen LogP contribution in [0.5, 0.6) is 0 Å². The molecule has 2 aromatic rings. The van der Waals surface area contributed by atoms with Gasteiger partial charge in [-0.3, -0.25) is 4.79 Å². The van der Waals surface area contributed by atoms with Gasteiger partial charge in [-0.1, -0.05) is 18.2 Å². The number of benzene rings is 2. The highest BCUT2D eigenvalue weighted by Gasteiger charge is 2.46. The molecule has 0 aromatic heterocycles. The Morgan fingerprint density at radius 3 is 2.26 bits per heavy atom. The summed E-state index contributed by atoms with van der Waals surface area (Å²) in [5.41, 5.74) is 5.79. The van der Waals surface area contributed by atoms with Gasteiger partial charge in [0.25, 0.3) is 0 Å². The van der Waals surface area contributed by atoms with Crippen molar-refractivity contribution in [3.05, 3.63) is 65.5 Å². The van der Waals surface area contributed by atoms with Gasteiger partial charge in [0.1, 0.15) is 11.9 Å². The fourth-order valence-electron chi connectivity index (χ4n) is 2.65. The Bertz CT molecular complexity index is 742. The molecule has 23 heavy (non-hydrogen) atoms. The molecule has 120 valence electrons. The molecule has 0 unspecified atom stereocenters. The zero-order chi connectivity index (χ0) is 16.8. The van der Waals surface area contributed by atoms with Crippen LogP contribution < -0.4 is 10.6 Å². The normalized spacial score (nSPS) is 21.3.